The molecule has 0 atom stereocenters. The molecule has 1 aromatic heterocycles. The van der Waals surface area contributed by atoms with Gasteiger partial charge in [0.2, 0.25) is 0 Å². The summed E-state index contributed by atoms with van der Waals surface area (Å²) in [6.07, 6.45) is 7.07. The van der Waals surface area contributed by atoms with Crippen molar-refractivity contribution < 1.29 is 9.47 Å². The molecule has 3 rings (SSSR count). The second-order valence-electron chi connectivity index (χ2n) is 5.43. The summed E-state index contributed by atoms with van der Waals surface area (Å²) in [6, 6.07) is 5.72. The Morgan fingerprint density at radius 1 is 1.32 bits per heavy atom. The van der Waals surface area contributed by atoms with E-state index in [-0.39, 0.29) is 0 Å². The fourth-order valence-electron chi connectivity index (χ4n) is 2.50. The maximum Gasteiger partial charge on any atom is 0.131 e. The van der Waals surface area contributed by atoms with Crippen LogP contribution in [0.15, 0.2) is 29.5 Å². The second kappa shape index (κ2) is 6.64. The molecule has 1 aliphatic rings. The first-order chi connectivity index (χ1) is 10.8. The number of nitrogens with zero attached hydrogens (tertiary/aromatic N) is 2. The number of rotatable bonds is 7. The number of aromatic nitrogens is 2. The average molecular weight is 299 g/mol. The molecule has 1 N–H and O–H groups in total. The van der Waals surface area contributed by atoms with Gasteiger partial charge in [-0.2, -0.15) is 0 Å². The van der Waals surface area contributed by atoms with Crippen LogP contribution >= 0.6 is 0 Å². The molecule has 1 aromatic carbocycles. The lowest BCUT2D eigenvalue weighted by atomic mass is 10.2. The van der Waals surface area contributed by atoms with Gasteiger partial charge in [-0.3, -0.25) is 4.99 Å². The summed E-state index contributed by atoms with van der Waals surface area (Å²) < 4.78 is 10.6. The van der Waals surface area contributed by atoms with Gasteiger partial charge < -0.3 is 14.5 Å². The highest BCUT2D eigenvalue weighted by Crippen LogP contribution is 2.40. The first kappa shape index (κ1) is 14.6. The number of ether oxygens (including phenoxy) is 2. The van der Waals surface area contributed by atoms with E-state index < -0.39 is 0 Å². The van der Waals surface area contributed by atoms with E-state index in [2.05, 4.69) is 15.0 Å². The van der Waals surface area contributed by atoms with Crippen molar-refractivity contribution in [2.45, 2.75) is 25.2 Å². The standard InChI is InChI=1S/C17H21N3O2/c1-21-14-6-5-13(16(9-14)22-2)10-18-8-7-15-17(12-3-4-12)20-11-19-15/h5-6,9-12H,3-4,7-8H2,1-2H3,(H,19,20). The molecule has 0 amide bonds. The Morgan fingerprint density at radius 3 is 2.91 bits per heavy atom. The Bertz CT molecular complexity index is 660. The molecule has 2 aromatic rings. The van der Waals surface area contributed by atoms with Gasteiger partial charge in [-0.05, 0) is 25.0 Å². The smallest absolute Gasteiger partial charge is 0.131 e. The van der Waals surface area contributed by atoms with Crippen molar-refractivity contribution in [2.75, 3.05) is 20.8 Å². The number of H-pyrrole nitrogens is 1. The number of imidazole rings is 1. The zero-order valence-corrected chi connectivity index (χ0v) is 13.0. The van der Waals surface area contributed by atoms with E-state index in [0.29, 0.717) is 5.92 Å². The van der Waals surface area contributed by atoms with E-state index in [0.717, 1.165) is 30.0 Å². The first-order valence-electron chi connectivity index (χ1n) is 7.56. The van der Waals surface area contributed by atoms with Crippen LogP contribution in [-0.2, 0) is 6.42 Å². The first-order valence-corrected chi connectivity index (χ1v) is 7.56. The van der Waals surface area contributed by atoms with Crippen LogP contribution in [0, 0.1) is 0 Å². The molecule has 5 nitrogen and oxygen atoms in total. The lowest BCUT2D eigenvalue weighted by Gasteiger charge is -2.06. The molecule has 1 heterocycles. The number of hydrogen-bond donors (Lipinski definition) is 1. The minimum absolute atomic E-state index is 0.673. The Kier molecular flexibility index (Phi) is 4.42. The molecule has 0 aliphatic heterocycles. The zero-order chi connectivity index (χ0) is 15.4. The summed E-state index contributed by atoms with van der Waals surface area (Å²) in [6.45, 7) is 0.733. The molecule has 1 fully saturated rings. The van der Waals surface area contributed by atoms with Crippen molar-refractivity contribution in [3.63, 3.8) is 0 Å². The predicted molar refractivity (Wildman–Crippen MR) is 86.3 cm³/mol. The third-order valence-electron chi connectivity index (χ3n) is 3.88. The van der Waals surface area contributed by atoms with Crippen molar-refractivity contribution in [3.8, 4) is 11.5 Å². The van der Waals surface area contributed by atoms with Crippen molar-refractivity contribution in [1.82, 2.24) is 9.97 Å². The number of aliphatic imine (C=N–C) groups is 1. The molecule has 22 heavy (non-hydrogen) atoms. The number of methoxy groups -OCH3 is 2. The third kappa shape index (κ3) is 3.30. The summed E-state index contributed by atoms with van der Waals surface area (Å²) >= 11 is 0. The summed E-state index contributed by atoms with van der Waals surface area (Å²) in [4.78, 5) is 12.2. The second-order valence-corrected chi connectivity index (χ2v) is 5.43. The Morgan fingerprint density at radius 2 is 2.18 bits per heavy atom. The number of aromatic amines is 1. The minimum Gasteiger partial charge on any atom is -0.497 e. The fourth-order valence-corrected chi connectivity index (χ4v) is 2.50. The summed E-state index contributed by atoms with van der Waals surface area (Å²) in [5.74, 6) is 2.22. The molecular weight excluding hydrogens is 278 g/mol. The van der Waals surface area contributed by atoms with E-state index in [4.69, 9.17) is 9.47 Å². The number of hydrogen-bond acceptors (Lipinski definition) is 4. The van der Waals surface area contributed by atoms with Crippen molar-refractivity contribution >= 4 is 6.21 Å². The zero-order valence-electron chi connectivity index (χ0n) is 13.0. The molecule has 0 bridgehead atoms. The van der Waals surface area contributed by atoms with Crippen LogP contribution in [0.5, 0.6) is 11.5 Å². The SMILES string of the molecule is COc1ccc(C=NCCc2[nH]cnc2C2CC2)c(OC)c1. The molecule has 0 spiro atoms. The van der Waals surface area contributed by atoms with Crippen LogP contribution in [0.25, 0.3) is 0 Å². The normalized spacial score (nSPS) is 14.5. The highest BCUT2D eigenvalue weighted by Gasteiger charge is 2.27. The lowest BCUT2D eigenvalue weighted by molar-refractivity contribution is 0.394. The van der Waals surface area contributed by atoms with Gasteiger partial charge in [0.25, 0.3) is 0 Å². The van der Waals surface area contributed by atoms with Gasteiger partial charge in [-0.1, -0.05) is 0 Å². The number of nitrogens with one attached hydrogen (secondary N) is 1. The molecule has 1 saturated carbocycles. The van der Waals surface area contributed by atoms with E-state index in [9.17, 15) is 0 Å². The van der Waals surface area contributed by atoms with Gasteiger partial charge >= 0.3 is 0 Å². The van der Waals surface area contributed by atoms with Crippen LogP contribution < -0.4 is 9.47 Å². The molecule has 0 unspecified atom stereocenters. The monoisotopic (exact) mass is 299 g/mol. The summed E-state index contributed by atoms with van der Waals surface area (Å²) in [5, 5.41) is 0. The minimum atomic E-state index is 0.673. The summed E-state index contributed by atoms with van der Waals surface area (Å²) in [5.41, 5.74) is 3.41. The van der Waals surface area contributed by atoms with Crippen molar-refractivity contribution in [3.05, 3.63) is 41.5 Å². The topological polar surface area (TPSA) is 59.5 Å². The highest BCUT2D eigenvalue weighted by molar-refractivity contribution is 5.83. The molecule has 1 aliphatic carbocycles. The van der Waals surface area contributed by atoms with Crippen LogP contribution in [0.1, 0.15) is 35.7 Å². The van der Waals surface area contributed by atoms with Crippen LogP contribution in [0.4, 0.5) is 0 Å². The van der Waals surface area contributed by atoms with Gasteiger partial charge in [0, 0.05) is 42.4 Å². The highest BCUT2D eigenvalue weighted by atomic mass is 16.5. The van der Waals surface area contributed by atoms with Crippen LogP contribution in [0.2, 0.25) is 0 Å². The molecule has 5 heteroatoms. The van der Waals surface area contributed by atoms with Gasteiger partial charge in [-0.15, -0.1) is 0 Å². The largest absolute Gasteiger partial charge is 0.497 e. The maximum atomic E-state index is 5.36. The Labute approximate surface area is 130 Å². The van der Waals surface area contributed by atoms with Crippen molar-refractivity contribution in [2.24, 2.45) is 4.99 Å². The average Bonchev–Trinajstić information content (AvgIpc) is 3.30. The van der Waals surface area contributed by atoms with Gasteiger partial charge in [0.1, 0.15) is 11.5 Å². The summed E-state index contributed by atoms with van der Waals surface area (Å²) in [7, 11) is 3.29. The molecule has 0 radical (unpaired) electrons. The molecule has 0 saturated heterocycles. The quantitative estimate of drug-likeness (QED) is 0.800. The van der Waals surface area contributed by atoms with E-state index in [1.165, 1.54) is 24.2 Å². The molecule has 116 valence electrons. The van der Waals surface area contributed by atoms with Gasteiger partial charge in [-0.25, -0.2) is 4.98 Å². The maximum absolute atomic E-state index is 5.36. The number of benzene rings is 1. The van der Waals surface area contributed by atoms with E-state index in [1.54, 1.807) is 20.5 Å². The van der Waals surface area contributed by atoms with Crippen LogP contribution in [-0.4, -0.2) is 36.9 Å². The predicted octanol–water partition coefficient (Wildman–Crippen LogP) is 2.97. The van der Waals surface area contributed by atoms with Gasteiger partial charge in [0.05, 0.1) is 26.2 Å². The van der Waals surface area contributed by atoms with Gasteiger partial charge in [0.15, 0.2) is 0 Å². The molecular formula is C17H21N3O2. The van der Waals surface area contributed by atoms with Crippen molar-refractivity contribution in [1.29, 1.82) is 0 Å². The van der Waals surface area contributed by atoms with E-state index in [1.807, 2.05) is 24.4 Å². The lowest BCUT2D eigenvalue weighted by Crippen LogP contribution is -1.97. The fraction of sp³-hybridized carbons (Fsp3) is 0.412. The van der Waals surface area contributed by atoms with Crippen LogP contribution in [0.3, 0.4) is 0 Å². The third-order valence-corrected chi connectivity index (χ3v) is 3.88. The Balaban J connectivity index is 1.61. The van der Waals surface area contributed by atoms with E-state index >= 15 is 0 Å². The Hall–Kier alpha value is -2.30.